The molecule has 0 unspecified atom stereocenters. The molecule has 2 heterocycles. The average Bonchev–Trinajstić information content (AvgIpc) is 2.73. The summed E-state index contributed by atoms with van der Waals surface area (Å²) in [5, 5.41) is 3.84. The number of hydrogen-bond donors (Lipinski definition) is 0. The van der Waals surface area contributed by atoms with E-state index < -0.39 is 0 Å². The topological polar surface area (TPSA) is 60.9 Å². The van der Waals surface area contributed by atoms with E-state index in [2.05, 4.69) is 26.1 Å². The van der Waals surface area contributed by atoms with Gasteiger partial charge in [0.2, 0.25) is 5.89 Å². The Hall–Kier alpha value is -1.43. The van der Waals surface area contributed by atoms with Crippen molar-refractivity contribution in [1.29, 1.82) is 0 Å². The first-order chi connectivity index (χ1) is 8.20. The molecule has 90 valence electrons. The molecule has 0 aliphatic heterocycles. The third-order valence-corrected chi connectivity index (χ3v) is 2.86. The number of halogens is 1. The Balaban J connectivity index is 2.19. The third-order valence-electron chi connectivity index (χ3n) is 2.26. The van der Waals surface area contributed by atoms with E-state index in [1.54, 1.807) is 18.3 Å². The Labute approximate surface area is 107 Å². The maximum Gasteiger partial charge on any atom is 0.265 e. The van der Waals surface area contributed by atoms with Gasteiger partial charge in [0.1, 0.15) is 0 Å². The minimum absolute atomic E-state index is 0.102. The monoisotopic (exact) mass is 297 g/mol. The lowest BCUT2D eigenvalue weighted by atomic mass is 10.3. The van der Waals surface area contributed by atoms with Crippen molar-refractivity contribution in [2.45, 2.75) is 26.3 Å². The van der Waals surface area contributed by atoms with Gasteiger partial charge in [0.15, 0.2) is 5.82 Å². The van der Waals surface area contributed by atoms with Crippen LogP contribution in [0.3, 0.4) is 0 Å². The fourth-order valence-electron chi connectivity index (χ4n) is 1.45. The normalized spacial score (nSPS) is 10.7. The molecule has 17 heavy (non-hydrogen) atoms. The van der Waals surface area contributed by atoms with Crippen LogP contribution >= 0.6 is 15.9 Å². The molecule has 0 aliphatic rings. The first kappa shape index (κ1) is 12.0. The molecule has 0 saturated carbocycles. The van der Waals surface area contributed by atoms with E-state index in [0.717, 1.165) is 12.8 Å². The fourth-order valence-corrected chi connectivity index (χ4v) is 1.83. The van der Waals surface area contributed by atoms with Gasteiger partial charge in [0.05, 0.1) is 11.0 Å². The predicted molar refractivity (Wildman–Crippen MR) is 65.8 cm³/mol. The van der Waals surface area contributed by atoms with Gasteiger partial charge in [0, 0.05) is 12.6 Å². The maximum atomic E-state index is 11.7. The summed E-state index contributed by atoms with van der Waals surface area (Å²) in [5.74, 6) is 1.14. The molecule has 0 amide bonds. The summed E-state index contributed by atoms with van der Waals surface area (Å²) in [6.07, 6.45) is 3.42. The smallest absolute Gasteiger partial charge is 0.265 e. The van der Waals surface area contributed by atoms with Crippen molar-refractivity contribution in [1.82, 2.24) is 14.7 Å². The number of rotatable bonds is 4. The van der Waals surface area contributed by atoms with Crippen LogP contribution in [0.1, 0.15) is 25.1 Å². The number of aryl methyl sites for hydroxylation is 1. The standard InChI is InChI=1S/C11H12BrN3O2/c1-2-4-10-13-9(14-17-10)7-15-6-3-5-8(12)11(15)16/h3,5-6H,2,4,7H2,1H3. The quantitative estimate of drug-likeness (QED) is 0.866. The van der Waals surface area contributed by atoms with E-state index in [9.17, 15) is 4.79 Å². The minimum atomic E-state index is -0.102. The van der Waals surface area contributed by atoms with Gasteiger partial charge in [-0.2, -0.15) is 4.98 Å². The fraction of sp³-hybridized carbons (Fsp3) is 0.364. The van der Waals surface area contributed by atoms with Crippen LogP contribution in [0.15, 0.2) is 32.1 Å². The van der Waals surface area contributed by atoms with E-state index in [1.807, 2.05) is 6.92 Å². The largest absolute Gasteiger partial charge is 0.339 e. The molecule has 0 aliphatic carbocycles. The molecule has 2 aromatic rings. The molecule has 6 heteroatoms. The van der Waals surface area contributed by atoms with Crippen LogP contribution in [-0.4, -0.2) is 14.7 Å². The molecule has 0 atom stereocenters. The highest BCUT2D eigenvalue weighted by molar-refractivity contribution is 9.10. The van der Waals surface area contributed by atoms with Crippen molar-refractivity contribution in [2.75, 3.05) is 0 Å². The molecule has 2 rings (SSSR count). The van der Waals surface area contributed by atoms with Gasteiger partial charge < -0.3 is 9.09 Å². The highest BCUT2D eigenvalue weighted by Gasteiger charge is 2.07. The molecule has 2 aromatic heterocycles. The van der Waals surface area contributed by atoms with Gasteiger partial charge in [-0.05, 0) is 34.5 Å². The van der Waals surface area contributed by atoms with Crippen molar-refractivity contribution in [3.8, 4) is 0 Å². The van der Waals surface area contributed by atoms with Gasteiger partial charge >= 0.3 is 0 Å². The molecule has 0 saturated heterocycles. The summed E-state index contributed by atoms with van der Waals surface area (Å²) < 4.78 is 7.12. The zero-order chi connectivity index (χ0) is 12.3. The Bertz CT molecular complexity index is 562. The SMILES string of the molecule is CCCc1nc(Cn2cccc(Br)c2=O)no1. The molecule has 0 fully saturated rings. The van der Waals surface area contributed by atoms with E-state index in [-0.39, 0.29) is 5.56 Å². The summed E-state index contributed by atoms with van der Waals surface area (Å²) in [4.78, 5) is 15.9. The lowest BCUT2D eigenvalue weighted by Gasteiger charge is -2.01. The molecule has 0 radical (unpaired) electrons. The van der Waals surface area contributed by atoms with Crippen LogP contribution in [0, 0.1) is 0 Å². The van der Waals surface area contributed by atoms with Gasteiger partial charge in [-0.1, -0.05) is 12.1 Å². The van der Waals surface area contributed by atoms with E-state index >= 15 is 0 Å². The van der Waals surface area contributed by atoms with E-state index in [0.29, 0.717) is 22.7 Å². The molecular weight excluding hydrogens is 286 g/mol. The summed E-state index contributed by atoms with van der Waals surface area (Å²) in [5.41, 5.74) is -0.102. The van der Waals surface area contributed by atoms with Crippen LogP contribution < -0.4 is 5.56 Å². The van der Waals surface area contributed by atoms with Crippen LogP contribution in [0.2, 0.25) is 0 Å². The van der Waals surface area contributed by atoms with Crippen molar-refractivity contribution in [2.24, 2.45) is 0 Å². The van der Waals surface area contributed by atoms with E-state index in [1.165, 1.54) is 4.57 Å². The first-order valence-electron chi connectivity index (χ1n) is 5.37. The number of aromatic nitrogens is 3. The zero-order valence-electron chi connectivity index (χ0n) is 9.39. The molecule has 0 N–H and O–H groups in total. The third kappa shape index (κ3) is 2.82. The lowest BCUT2D eigenvalue weighted by Crippen LogP contribution is -2.20. The van der Waals surface area contributed by atoms with Crippen molar-refractivity contribution in [3.05, 3.63) is 44.9 Å². The van der Waals surface area contributed by atoms with Crippen molar-refractivity contribution >= 4 is 15.9 Å². The highest BCUT2D eigenvalue weighted by atomic mass is 79.9. The summed E-state index contributed by atoms with van der Waals surface area (Å²) >= 11 is 3.19. The molecule has 0 bridgehead atoms. The van der Waals surface area contributed by atoms with Gasteiger partial charge in [0.25, 0.3) is 5.56 Å². The predicted octanol–water partition coefficient (Wildman–Crippen LogP) is 1.99. The van der Waals surface area contributed by atoms with Crippen LogP contribution in [0.5, 0.6) is 0 Å². The molecule has 0 spiro atoms. The molecular formula is C11H12BrN3O2. The van der Waals surface area contributed by atoms with Crippen molar-refractivity contribution in [3.63, 3.8) is 0 Å². The molecule has 0 aromatic carbocycles. The Morgan fingerprint density at radius 3 is 3.12 bits per heavy atom. The average molecular weight is 298 g/mol. The summed E-state index contributed by atoms with van der Waals surface area (Å²) in [7, 11) is 0. The zero-order valence-corrected chi connectivity index (χ0v) is 11.0. The minimum Gasteiger partial charge on any atom is -0.339 e. The van der Waals surface area contributed by atoms with Gasteiger partial charge in [-0.3, -0.25) is 4.79 Å². The number of nitrogens with zero attached hydrogens (tertiary/aromatic N) is 3. The van der Waals surface area contributed by atoms with Crippen LogP contribution in [0.25, 0.3) is 0 Å². The van der Waals surface area contributed by atoms with Crippen LogP contribution in [-0.2, 0) is 13.0 Å². The van der Waals surface area contributed by atoms with Gasteiger partial charge in [-0.15, -0.1) is 0 Å². The maximum absolute atomic E-state index is 11.7. The number of pyridine rings is 1. The lowest BCUT2D eigenvalue weighted by molar-refractivity contribution is 0.371. The Morgan fingerprint density at radius 1 is 1.53 bits per heavy atom. The Kier molecular flexibility index (Phi) is 3.73. The molecule has 5 nitrogen and oxygen atoms in total. The second-order valence-electron chi connectivity index (χ2n) is 3.64. The van der Waals surface area contributed by atoms with Gasteiger partial charge in [-0.25, -0.2) is 0 Å². The van der Waals surface area contributed by atoms with Crippen LogP contribution in [0.4, 0.5) is 0 Å². The second kappa shape index (κ2) is 5.27. The van der Waals surface area contributed by atoms with Crippen molar-refractivity contribution < 1.29 is 4.52 Å². The highest BCUT2D eigenvalue weighted by Crippen LogP contribution is 2.04. The Morgan fingerprint density at radius 2 is 2.35 bits per heavy atom. The second-order valence-corrected chi connectivity index (χ2v) is 4.50. The number of hydrogen-bond acceptors (Lipinski definition) is 4. The van der Waals surface area contributed by atoms with E-state index in [4.69, 9.17) is 4.52 Å². The summed E-state index contributed by atoms with van der Waals surface area (Å²) in [6.45, 7) is 2.37. The summed E-state index contributed by atoms with van der Waals surface area (Å²) in [6, 6.07) is 3.50. The first-order valence-corrected chi connectivity index (χ1v) is 6.16.